The van der Waals surface area contributed by atoms with E-state index in [1.165, 1.54) is 0 Å². The summed E-state index contributed by atoms with van der Waals surface area (Å²) in [5.41, 5.74) is 11.2. The Kier molecular flexibility index (Phi) is 3.38. The van der Waals surface area contributed by atoms with Gasteiger partial charge in [-0.05, 0) is 6.08 Å². The van der Waals surface area contributed by atoms with Gasteiger partial charge in [0.1, 0.15) is 11.4 Å². The maximum atomic E-state index is 11.8. The first kappa shape index (κ1) is 12.1. The molecule has 0 spiro atoms. The molecule has 0 aliphatic rings. The van der Waals surface area contributed by atoms with Crippen molar-refractivity contribution in [2.75, 3.05) is 0 Å². The van der Waals surface area contributed by atoms with Crippen LogP contribution in [0.1, 0.15) is 0 Å². The highest BCUT2D eigenvalue weighted by atomic mass is 19.4. The van der Waals surface area contributed by atoms with Crippen LogP contribution in [0, 0.1) is 0 Å². The summed E-state index contributed by atoms with van der Waals surface area (Å²) < 4.78 is 35.4. The lowest BCUT2D eigenvalue weighted by atomic mass is 10.3. The van der Waals surface area contributed by atoms with E-state index in [9.17, 15) is 18.0 Å². The Balaban J connectivity index is 5.02. The molecule has 0 fully saturated rings. The molecule has 0 radical (unpaired) electrons. The monoisotopic (exact) mass is 211 g/mol. The summed E-state index contributed by atoms with van der Waals surface area (Å²) in [6, 6.07) is 0. The minimum atomic E-state index is -4.76. The molecule has 0 amide bonds. The first-order valence-corrected chi connectivity index (χ1v) is 3.19. The van der Waals surface area contributed by atoms with E-state index in [2.05, 4.69) is 5.73 Å². The van der Waals surface area contributed by atoms with E-state index in [0.717, 1.165) is 0 Å². The maximum absolute atomic E-state index is 11.8. The zero-order chi connectivity index (χ0) is 11.5. The second-order valence-corrected chi connectivity index (χ2v) is 2.27. The van der Waals surface area contributed by atoms with Gasteiger partial charge in [0.15, 0.2) is 0 Å². The average molecular weight is 211 g/mol. The summed E-state index contributed by atoms with van der Waals surface area (Å²) in [5.74, 6) is -1.62. The standard InChI is InChI=1S/C6H8F3N3O2/c7-6(8,9)3(11)1-2(10)4(12)5(13)14/h1H,10-12H2,(H,13,14)/b3-1-,4-2+. The van der Waals surface area contributed by atoms with E-state index in [4.69, 9.17) is 16.6 Å². The van der Waals surface area contributed by atoms with Crippen molar-refractivity contribution in [3.8, 4) is 0 Å². The van der Waals surface area contributed by atoms with Gasteiger partial charge in [-0.15, -0.1) is 0 Å². The van der Waals surface area contributed by atoms with Crippen molar-refractivity contribution in [1.29, 1.82) is 0 Å². The van der Waals surface area contributed by atoms with Gasteiger partial charge in [-0.25, -0.2) is 4.79 Å². The highest BCUT2D eigenvalue weighted by molar-refractivity contribution is 5.86. The predicted molar refractivity (Wildman–Crippen MR) is 41.4 cm³/mol. The molecule has 0 rings (SSSR count). The van der Waals surface area contributed by atoms with E-state index >= 15 is 0 Å². The molecule has 0 aliphatic carbocycles. The number of carbonyl (C=O) groups is 1. The molecule has 0 aromatic rings. The van der Waals surface area contributed by atoms with Gasteiger partial charge in [0, 0.05) is 0 Å². The van der Waals surface area contributed by atoms with E-state index in [1.807, 2.05) is 0 Å². The molecule has 7 N–H and O–H groups in total. The molecule has 14 heavy (non-hydrogen) atoms. The normalized spacial score (nSPS) is 14.9. The second-order valence-electron chi connectivity index (χ2n) is 2.27. The molecule has 0 unspecified atom stereocenters. The molecule has 8 heteroatoms. The fourth-order valence-electron chi connectivity index (χ4n) is 0.451. The Labute approximate surface area is 76.7 Å². The van der Waals surface area contributed by atoms with Crippen molar-refractivity contribution in [1.82, 2.24) is 0 Å². The third-order valence-electron chi connectivity index (χ3n) is 1.18. The SMILES string of the molecule is N/C(=C\C(N)=C(/N)C(=O)O)C(F)(F)F. The molecule has 0 aliphatic heterocycles. The second kappa shape index (κ2) is 3.90. The minimum Gasteiger partial charge on any atom is -0.477 e. The molecular weight excluding hydrogens is 203 g/mol. The van der Waals surface area contributed by atoms with Crippen LogP contribution in [-0.2, 0) is 4.79 Å². The van der Waals surface area contributed by atoms with Crippen molar-refractivity contribution < 1.29 is 23.1 Å². The van der Waals surface area contributed by atoms with E-state index < -0.39 is 29.2 Å². The molecule has 0 heterocycles. The van der Waals surface area contributed by atoms with Gasteiger partial charge in [-0.3, -0.25) is 0 Å². The maximum Gasteiger partial charge on any atom is 0.430 e. The Morgan fingerprint density at radius 3 is 1.93 bits per heavy atom. The molecule has 80 valence electrons. The number of aliphatic carboxylic acids is 1. The van der Waals surface area contributed by atoms with Gasteiger partial charge in [-0.2, -0.15) is 13.2 Å². The number of allylic oxidation sites excluding steroid dienone is 2. The van der Waals surface area contributed by atoms with E-state index in [1.54, 1.807) is 0 Å². The lowest BCUT2D eigenvalue weighted by molar-refractivity contribution is -0.132. The third kappa shape index (κ3) is 3.25. The van der Waals surface area contributed by atoms with Crippen LogP contribution in [-0.4, -0.2) is 17.3 Å². The number of hydrogen-bond acceptors (Lipinski definition) is 4. The molecule has 0 saturated carbocycles. The van der Waals surface area contributed by atoms with E-state index in [-0.39, 0.29) is 6.08 Å². The highest BCUT2D eigenvalue weighted by Gasteiger charge is 2.31. The van der Waals surface area contributed by atoms with Gasteiger partial charge in [-0.1, -0.05) is 0 Å². The van der Waals surface area contributed by atoms with Crippen molar-refractivity contribution in [2.45, 2.75) is 6.18 Å². The summed E-state index contributed by atoms with van der Waals surface area (Å²) >= 11 is 0. The van der Waals surface area contributed by atoms with Gasteiger partial charge in [0.25, 0.3) is 0 Å². The molecular formula is C6H8F3N3O2. The summed E-state index contributed by atoms with van der Waals surface area (Å²) in [6.45, 7) is 0. The molecule has 0 atom stereocenters. The number of carboxylic acids is 1. The number of nitrogens with two attached hydrogens (primary N) is 3. The minimum absolute atomic E-state index is 0.253. The quantitative estimate of drug-likeness (QED) is 0.366. The average Bonchev–Trinajstić information content (AvgIpc) is 2.00. The predicted octanol–water partition coefficient (Wildman–Crippen LogP) is -0.395. The lowest BCUT2D eigenvalue weighted by Gasteiger charge is -2.06. The van der Waals surface area contributed by atoms with E-state index in [0.29, 0.717) is 0 Å². The van der Waals surface area contributed by atoms with Gasteiger partial charge < -0.3 is 22.3 Å². The summed E-state index contributed by atoms with van der Waals surface area (Å²) in [6.07, 6.45) is -4.51. The number of rotatable bonds is 2. The van der Waals surface area contributed by atoms with Gasteiger partial charge in [0.2, 0.25) is 0 Å². The Bertz CT molecular complexity index is 306. The highest BCUT2D eigenvalue weighted by Crippen LogP contribution is 2.21. The Morgan fingerprint density at radius 2 is 1.64 bits per heavy atom. The zero-order valence-corrected chi connectivity index (χ0v) is 6.80. The van der Waals surface area contributed by atoms with Crippen LogP contribution in [0.5, 0.6) is 0 Å². The Hall–Kier alpha value is -1.86. The fourth-order valence-corrected chi connectivity index (χ4v) is 0.451. The van der Waals surface area contributed by atoms with Crippen LogP contribution in [0.3, 0.4) is 0 Å². The molecule has 0 bridgehead atoms. The lowest BCUT2D eigenvalue weighted by Crippen LogP contribution is -2.22. The number of carboxylic acid groups (broad SMARTS) is 1. The third-order valence-corrected chi connectivity index (χ3v) is 1.18. The molecule has 0 aromatic heterocycles. The molecule has 0 saturated heterocycles. The van der Waals surface area contributed by atoms with Crippen LogP contribution >= 0.6 is 0 Å². The Morgan fingerprint density at radius 1 is 1.21 bits per heavy atom. The van der Waals surface area contributed by atoms with Crippen LogP contribution in [0.25, 0.3) is 0 Å². The summed E-state index contributed by atoms with van der Waals surface area (Å²) in [4.78, 5) is 10.2. The summed E-state index contributed by atoms with van der Waals surface area (Å²) in [5, 5.41) is 8.25. The van der Waals surface area contributed by atoms with Crippen molar-refractivity contribution >= 4 is 5.97 Å². The van der Waals surface area contributed by atoms with Crippen molar-refractivity contribution in [2.24, 2.45) is 17.2 Å². The summed E-state index contributed by atoms with van der Waals surface area (Å²) in [7, 11) is 0. The first-order chi connectivity index (χ1) is 6.16. The fraction of sp³-hybridized carbons (Fsp3) is 0.167. The van der Waals surface area contributed by atoms with Crippen LogP contribution in [0.4, 0.5) is 13.2 Å². The molecule has 0 aromatic carbocycles. The van der Waals surface area contributed by atoms with Crippen molar-refractivity contribution in [3.05, 3.63) is 23.2 Å². The van der Waals surface area contributed by atoms with Crippen molar-refractivity contribution in [3.63, 3.8) is 0 Å². The smallest absolute Gasteiger partial charge is 0.430 e. The number of alkyl halides is 3. The van der Waals surface area contributed by atoms with Crippen LogP contribution in [0.2, 0.25) is 0 Å². The van der Waals surface area contributed by atoms with Gasteiger partial charge >= 0.3 is 12.1 Å². The molecule has 5 nitrogen and oxygen atoms in total. The topological polar surface area (TPSA) is 115 Å². The largest absolute Gasteiger partial charge is 0.477 e. The zero-order valence-electron chi connectivity index (χ0n) is 6.80. The van der Waals surface area contributed by atoms with Gasteiger partial charge in [0.05, 0.1) is 5.70 Å². The van der Waals surface area contributed by atoms with Crippen LogP contribution in [0.15, 0.2) is 23.2 Å². The first-order valence-electron chi connectivity index (χ1n) is 3.19. The number of hydrogen-bond donors (Lipinski definition) is 4. The van der Waals surface area contributed by atoms with Crippen LogP contribution < -0.4 is 17.2 Å². The number of halogens is 3.